The standard InChI is InChI=1S/C15H17NO7S/c1-4-24(19,20)16-15-14(22-9(2)17)12(18)13(23-15)10-6-5-7-11(8-10)21-3/h5-8,16,18H,4H2,1-3H3. The normalized spacial score (nSPS) is 11.1. The monoisotopic (exact) mass is 355 g/mol. The van der Waals surface area contributed by atoms with Crippen LogP contribution in [0.15, 0.2) is 28.7 Å². The molecule has 1 heterocycles. The Morgan fingerprint density at radius 2 is 2.08 bits per heavy atom. The molecule has 2 rings (SSSR count). The summed E-state index contributed by atoms with van der Waals surface area (Å²) < 4.78 is 41.0. The molecule has 0 aliphatic rings. The number of sulfonamides is 1. The highest BCUT2D eigenvalue weighted by Crippen LogP contribution is 2.47. The van der Waals surface area contributed by atoms with E-state index < -0.39 is 27.5 Å². The average Bonchev–Trinajstić information content (AvgIpc) is 2.83. The van der Waals surface area contributed by atoms with Gasteiger partial charge in [0.1, 0.15) is 5.75 Å². The number of anilines is 1. The summed E-state index contributed by atoms with van der Waals surface area (Å²) in [7, 11) is -2.22. The van der Waals surface area contributed by atoms with E-state index in [0.29, 0.717) is 11.3 Å². The second-order valence-electron chi connectivity index (χ2n) is 4.77. The van der Waals surface area contributed by atoms with E-state index in [2.05, 4.69) is 4.72 Å². The van der Waals surface area contributed by atoms with Crippen LogP contribution in [0.3, 0.4) is 0 Å². The first kappa shape index (κ1) is 17.7. The Morgan fingerprint density at radius 3 is 2.67 bits per heavy atom. The molecule has 0 spiro atoms. The van der Waals surface area contributed by atoms with Gasteiger partial charge in [-0.2, -0.15) is 0 Å². The van der Waals surface area contributed by atoms with Crippen molar-refractivity contribution < 1.29 is 32.2 Å². The number of aromatic hydroxyl groups is 1. The van der Waals surface area contributed by atoms with Crippen LogP contribution in [0.5, 0.6) is 17.2 Å². The molecule has 0 unspecified atom stereocenters. The summed E-state index contributed by atoms with van der Waals surface area (Å²) in [6.07, 6.45) is 0. The topological polar surface area (TPSA) is 115 Å². The molecule has 9 heteroatoms. The second-order valence-corrected chi connectivity index (χ2v) is 6.78. The maximum absolute atomic E-state index is 11.8. The number of carbonyl (C=O) groups excluding carboxylic acids is 1. The number of carbonyl (C=O) groups is 1. The number of benzene rings is 1. The van der Waals surface area contributed by atoms with Crippen molar-refractivity contribution in [2.75, 3.05) is 17.6 Å². The number of ether oxygens (including phenoxy) is 2. The smallest absolute Gasteiger partial charge is 0.308 e. The van der Waals surface area contributed by atoms with Gasteiger partial charge in [0.25, 0.3) is 5.88 Å². The first-order valence-corrected chi connectivity index (χ1v) is 8.61. The van der Waals surface area contributed by atoms with Crippen LogP contribution in [0.25, 0.3) is 11.3 Å². The van der Waals surface area contributed by atoms with E-state index in [1.54, 1.807) is 24.3 Å². The van der Waals surface area contributed by atoms with E-state index in [1.807, 2.05) is 0 Å². The van der Waals surface area contributed by atoms with Gasteiger partial charge in [-0.25, -0.2) is 13.1 Å². The molecule has 0 saturated carbocycles. The molecule has 0 amide bonds. The second kappa shape index (κ2) is 6.83. The van der Waals surface area contributed by atoms with Gasteiger partial charge < -0.3 is 19.0 Å². The Kier molecular flexibility index (Phi) is 5.03. The quantitative estimate of drug-likeness (QED) is 0.764. The fourth-order valence-electron chi connectivity index (χ4n) is 1.89. The molecule has 2 aromatic rings. The Labute approximate surface area is 139 Å². The number of hydrogen-bond acceptors (Lipinski definition) is 7. The van der Waals surface area contributed by atoms with Crippen molar-refractivity contribution in [1.82, 2.24) is 0 Å². The van der Waals surface area contributed by atoms with Crippen molar-refractivity contribution in [1.29, 1.82) is 0 Å². The van der Waals surface area contributed by atoms with E-state index in [-0.39, 0.29) is 17.4 Å². The SMILES string of the molecule is CCS(=O)(=O)Nc1oc(-c2cccc(OC)c2)c(O)c1OC(C)=O. The number of rotatable bonds is 6. The minimum Gasteiger partial charge on any atom is -0.502 e. The fourth-order valence-corrected chi connectivity index (χ4v) is 2.45. The minimum atomic E-state index is -3.70. The van der Waals surface area contributed by atoms with Gasteiger partial charge in [0.15, 0.2) is 5.76 Å². The van der Waals surface area contributed by atoms with Gasteiger partial charge in [-0.1, -0.05) is 12.1 Å². The molecule has 0 aliphatic carbocycles. The molecule has 8 nitrogen and oxygen atoms in total. The lowest BCUT2D eigenvalue weighted by atomic mass is 10.1. The van der Waals surface area contributed by atoms with Crippen LogP contribution >= 0.6 is 0 Å². The minimum absolute atomic E-state index is 0.0565. The highest BCUT2D eigenvalue weighted by atomic mass is 32.2. The predicted molar refractivity (Wildman–Crippen MR) is 86.8 cm³/mol. The maximum Gasteiger partial charge on any atom is 0.308 e. The predicted octanol–water partition coefficient (Wildman–Crippen LogP) is 2.35. The van der Waals surface area contributed by atoms with E-state index >= 15 is 0 Å². The largest absolute Gasteiger partial charge is 0.502 e. The van der Waals surface area contributed by atoms with E-state index in [0.717, 1.165) is 6.92 Å². The fraction of sp³-hybridized carbons (Fsp3) is 0.267. The summed E-state index contributed by atoms with van der Waals surface area (Å²) in [6.45, 7) is 2.55. The molecule has 0 fully saturated rings. The molecule has 0 radical (unpaired) electrons. The summed E-state index contributed by atoms with van der Waals surface area (Å²) in [4.78, 5) is 11.2. The first-order valence-electron chi connectivity index (χ1n) is 6.96. The van der Waals surface area contributed by atoms with Crippen LogP contribution in [0.2, 0.25) is 0 Å². The summed E-state index contributed by atoms with van der Waals surface area (Å²) in [5.41, 5.74) is 0.419. The zero-order chi connectivity index (χ0) is 17.9. The number of methoxy groups -OCH3 is 1. The van der Waals surface area contributed by atoms with Gasteiger partial charge in [0, 0.05) is 12.5 Å². The van der Waals surface area contributed by atoms with Gasteiger partial charge in [-0.3, -0.25) is 4.79 Å². The Hall–Kier alpha value is -2.68. The van der Waals surface area contributed by atoms with Gasteiger partial charge >= 0.3 is 5.97 Å². The van der Waals surface area contributed by atoms with Crippen LogP contribution < -0.4 is 14.2 Å². The maximum atomic E-state index is 11.8. The number of hydrogen-bond donors (Lipinski definition) is 2. The van der Waals surface area contributed by atoms with Crippen LogP contribution in [0.4, 0.5) is 5.88 Å². The number of nitrogens with one attached hydrogen (secondary N) is 1. The van der Waals surface area contributed by atoms with Crippen molar-refractivity contribution in [2.45, 2.75) is 13.8 Å². The third-order valence-corrected chi connectivity index (χ3v) is 4.30. The molecule has 1 aromatic carbocycles. The summed E-state index contributed by atoms with van der Waals surface area (Å²) >= 11 is 0. The van der Waals surface area contributed by atoms with Crippen LogP contribution in [-0.4, -0.2) is 32.4 Å². The lowest BCUT2D eigenvalue weighted by Gasteiger charge is -2.04. The number of esters is 1. The van der Waals surface area contributed by atoms with Crippen LogP contribution in [-0.2, 0) is 14.8 Å². The van der Waals surface area contributed by atoms with Crippen LogP contribution in [0.1, 0.15) is 13.8 Å². The average molecular weight is 355 g/mol. The highest BCUT2D eigenvalue weighted by Gasteiger charge is 2.26. The van der Waals surface area contributed by atoms with Crippen molar-refractivity contribution in [3.8, 4) is 28.6 Å². The third kappa shape index (κ3) is 3.80. The molecule has 0 bridgehead atoms. The molecular formula is C15H17NO7S. The molecule has 24 heavy (non-hydrogen) atoms. The van der Waals surface area contributed by atoms with Gasteiger partial charge in [0.2, 0.25) is 21.5 Å². The lowest BCUT2D eigenvalue weighted by molar-refractivity contribution is -0.131. The summed E-state index contributed by atoms with van der Waals surface area (Å²) in [5, 5.41) is 10.3. The summed E-state index contributed by atoms with van der Waals surface area (Å²) in [5.74, 6) is -1.76. The van der Waals surface area contributed by atoms with Crippen molar-refractivity contribution in [3.63, 3.8) is 0 Å². The Balaban J connectivity index is 2.57. The molecule has 0 aliphatic heterocycles. The number of furan rings is 1. The molecule has 1 aromatic heterocycles. The third-order valence-electron chi connectivity index (χ3n) is 3.05. The van der Waals surface area contributed by atoms with Gasteiger partial charge in [-0.15, -0.1) is 0 Å². The molecular weight excluding hydrogens is 338 g/mol. The Morgan fingerprint density at radius 1 is 1.38 bits per heavy atom. The molecule has 130 valence electrons. The Bertz CT molecular complexity index is 855. The lowest BCUT2D eigenvalue weighted by Crippen LogP contribution is -2.15. The molecule has 0 atom stereocenters. The first-order chi connectivity index (χ1) is 11.3. The molecule has 0 saturated heterocycles. The van der Waals surface area contributed by atoms with E-state index in [9.17, 15) is 18.3 Å². The molecule has 2 N–H and O–H groups in total. The van der Waals surface area contributed by atoms with Crippen molar-refractivity contribution >= 4 is 21.9 Å². The van der Waals surface area contributed by atoms with Gasteiger partial charge in [0.05, 0.1) is 12.9 Å². The summed E-state index contributed by atoms with van der Waals surface area (Å²) in [6, 6.07) is 6.56. The van der Waals surface area contributed by atoms with E-state index in [4.69, 9.17) is 13.9 Å². The van der Waals surface area contributed by atoms with Crippen molar-refractivity contribution in [3.05, 3.63) is 24.3 Å². The van der Waals surface area contributed by atoms with Crippen molar-refractivity contribution in [2.24, 2.45) is 0 Å². The van der Waals surface area contributed by atoms with Crippen LogP contribution in [0, 0.1) is 0 Å². The zero-order valence-corrected chi connectivity index (χ0v) is 14.1. The zero-order valence-electron chi connectivity index (χ0n) is 13.3. The van der Waals surface area contributed by atoms with Gasteiger partial charge in [-0.05, 0) is 19.1 Å². The highest BCUT2D eigenvalue weighted by molar-refractivity contribution is 7.92. The van der Waals surface area contributed by atoms with E-state index in [1.165, 1.54) is 14.0 Å².